The smallest absolute Gasteiger partial charge is 0.0884 e. The van der Waals surface area contributed by atoms with Crippen LogP contribution in [-0.4, -0.2) is 23.4 Å². The minimum Gasteiger partial charge on any atom is -0.473 e. The van der Waals surface area contributed by atoms with E-state index in [1.54, 1.807) is 0 Å². The second-order valence-electron chi connectivity index (χ2n) is 1.24. The van der Waals surface area contributed by atoms with Crippen molar-refractivity contribution >= 4 is 0 Å². The number of rotatable bonds is 4. The summed E-state index contributed by atoms with van der Waals surface area (Å²) >= 11 is 0. The number of aliphatic hydroxyl groups excluding tert-OH is 2. The second kappa shape index (κ2) is 7.20. The third-order valence-corrected chi connectivity index (χ3v) is 0.560. The van der Waals surface area contributed by atoms with Crippen molar-refractivity contribution in [3.63, 3.8) is 0 Å². The highest BCUT2D eigenvalue weighted by molar-refractivity contribution is 4.78. The van der Waals surface area contributed by atoms with E-state index in [-0.39, 0.29) is 13.2 Å². The molecule has 0 bridgehead atoms. The Morgan fingerprint density at radius 3 is 1.78 bits per heavy atom. The number of hydrogen-bond donors (Lipinski definition) is 2. The average molecular weight is 130 g/mol. The Hall–Kier alpha value is -0.800. The van der Waals surface area contributed by atoms with Gasteiger partial charge in [0.2, 0.25) is 0 Å². The van der Waals surface area contributed by atoms with Crippen molar-refractivity contribution in [2.75, 3.05) is 13.2 Å². The van der Waals surface area contributed by atoms with Crippen LogP contribution in [0.5, 0.6) is 0 Å². The van der Waals surface area contributed by atoms with Crippen LogP contribution in [0.2, 0.25) is 0 Å². The maximum atomic E-state index is 8.18. The predicted octanol–water partition coefficient (Wildman–Crippen LogP) is 0.0150. The van der Waals surface area contributed by atoms with E-state index >= 15 is 0 Å². The third kappa shape index (κ3) is 7.20. The minimum absolute atomic E-state index is 0.0348. The van der Waals surface area contributed by atoms with Gasteiger partial charge >= 0.3 is 0 Å². The molecule has 0 unspecified atom stereocenters. The Balaban J connectivity index is 3.08. The van der Waals surface area contributed by atoms with E-state index in [9.17, 15) is 0 Å². The van der Waals surface area contributed by atoms with E-state index in [1.807, 2.05) is 0 Å². The molecule has 0 amide bonds. The van der Waals surface area contributed by atoms with Crippen molar-refractivity contribution in [2.24, 2.45) is 0 Å². The van der Waals surface area contributed by atoms with Gasteiger partial charge in [-0.05, 0) is 12.2 Å². The molecule has 9 heavy (non-hydrogen) atoms. The fourth-order valence-corrected chi connectivity index (χ4v) is 0.243. The molecule has 0 saturated heterocycles. The zero-order valence-electron chi connectivity index (χ0n) is 5.03. The molecule has 0 atom stereocenters. The molecule has 0 aliphatic carbocycles. The van der Waals surface area contributed by atoms with E-state index in [4.69, 9.17) is 10.2 Å². The van der Waals surface area contributed by atoms with Gasteiger partial charge in [0.1, 0.15) is 0 Å². The Labute approximate surface area is 53.9 Å². The molecule has 3 heteroatoms. The predicted molar refractivity (Wildman–Crippen MR) is 33.5 cm³/mol. The summed E-state index contributed by atoms with van der Waals surface area (Å²) in [4.78, 5) is 0. The van der Waals surface area contributed by atoms with Gasteiger partial charge in [0.05, 0.1) is 25.7 Å². The third-order valence-electron chi connectivity index (χ3n) is 0.560. The molecular weight excluding hydrogens is 120 g/mol. The van der Waals surface area contributed by atoms with Crippen LogP contribution in [0.4, 0.5) is 0 Å². The van der Waals surface area contributed by atoms with Crippen LogP contribution in [0.15, 0.2) is 24.7 Å². The highest BCUT2D eigenvalue weighted by atomic mass is 16.5. The molecule has 0 aromatic rings. The first-order valence-electron chi connectivity index (χ1n) is 2.59. The zero-order valence-corrected chi connectivity index (χ0v) is 5.03. The first-order valence-corrected chi connectivity index (χ1v) is 2.59. The van der Waals surface area contributed by atoms with Crippen LogP contribution in [0.3, 0.4) is 0 Å². The molecule has 0 heterocycles. The topological polar surface area (TPSA) is 49.7 Å². The molecule has 0 aliphatic heterocycles. The molecule has 0 fully saturated rings. The maximum Gasteiger partial charge on any atom is 0.0884 e. The van der Waals surface area contributed by atoms with Gasteiger partial charge in [-0.1, -0.05) is 0 Å². The SMILES string of the molecule is OCC=COC=CCO. The Morgan fingerprint density at radius 2 is 1.44 bits per heavy atom. The first-order chi connectivity index (χ1) is 4.41. The molecule has 0 aromatic heterocycles. The van der Waals surface area contributed by atoms with Gasteiger partial charge in [-0.3, -0.25) is 0 Å². The lowest BCUT2D eigenvalue weighted by molar-refractivity contribution is 0.324. The second-order valence-corrected chi connectivity index (χ2v) is 1.24. The number of ether oxygens (including phenoxy) is 1. The molecule has 0 rings (SSSR count). The number of hydrogen-bond acceptors (Lipinski definition) is 3. The highest BCUT2D eigenvalue weighted by Gasteiger charge is 1.67. The van der Waals surface area contributed by atoms with Crippen molar-refractivity contribution in [1.29, 1.82) is 0 Å². The summed E-state index contributed by atoms with van der Waals surface area (Å²) in [5, 5.41) is 16.4. The summed E-state index contributed by atoms with van der Waals surface area (Å²) in [6.45, 7) is -0.0695. The fraction of sp³-hybridized carbons (Fsp3) is 0.333. The van der Waals surface area contributed by atoms with Crippen LogP contribution in [0.25, 0.3) is 0 Å². The van der Waals surface area contributed by atoms with Gasteiger partial charge in [-0.2, -0.15) is 0 Å². The maximum absolute atomic E-state index is 8.18. The van der Waals surface area contributed by atoms with Crippen LogP contribution in [0, 0.1) is 0 Å². The van der Waals surface area contributed by atoms with Crippen LogP contribution < -0.4 is 0 Å². The molecule has 0 aliphatic rings. The quantitative estimate of drug-likeness (QED) is 0.527. The van der Waals surface area contributed by atoms with Crippen molar-refractivity contribution < 1.29 is 14.9 Å². The molecule has 0 radical (unpaired) electrons. The van der Waals surface area contributed by atoms with Crippen LogP contribution in [-0.2, 0) is 4.74 Å². The lowest BCUT2D eigenvalue weighted by atomic mass is 10.7. The summed E-state index contributed by atoms with van der Waals surface area (Å²) in [5.41, 5.74) is 0. The number of aliphatic hydroxyl groups is 2. The molecule has 3 nitrogen and oxygen atoms in total. The van der Waals surface area contributed by atoms with E-state index in [1.165, 1.54) is 24.7 Å². The summed E-state index contributed by atoms with van der Waals surface area (Å²) < 4.78 is 4.63. The standard InChI is InChI=1S/C6H10O3/c7-3-1-5-9-6-2-4-8/h1-2,5-8H,3-4H2. The molecule has 0 saturated carbocycles. The largest absolute Gasteiger partial charge is 0.473 e. The van der Waals surface area contributed by atoms with Gasteiger partial charge in [0.25, 0.3) is 0 Å². The zero-order chi connectivity index (χ0) is 6.95. The van der Waals surface area contributed by atoms with E-state index < -0.39 is 0 Å². The Kier molecular flexibility index (Phi) is 6.56. The molecule has 0 spiro atoms. The summed E-state index contributed by atoms with van der Waals surface area (Å²) in [7, 11) is 0. The molecular formula is C6H10O3. The van der Waals surface area contributed by atoms with Gasteiger partial charge in [0, 0.05) is 0 Å². The fourth-order valence-electron chi connectivity index (χ4n) is 0.243. The molecule has 0 aromatic carbocycles. The Morgan fingerprint density at radius 1 is 1.00 bits per heavy atom. The van der Waals surface area contributed by atoms with Crippen molar-refractivity contribution in [3.8, 4) is 0 Å². The van der Waals surface area contributed by atoms with Crippen LogP contribution in [0.1, 0.15) is 0 Å². The van der Waals surface area contributed by atoms with Gasteiger partial charge < -0.3 is 14.9 Å². The van der Waals surface area contributed by atoms with E-state index in [0.717, 1.165) is 0 Å². The van der Waals surface area contributed by atoms with Crippen molar-refractivity contribution in [3.05, 3.63) is 24.7 Å². The van der Waals surface area contributed by atoms with E-state index in [0.29, 0.717) is 0 Å². The van der Waals surface area contributed by atoms with Crippen LogP contribution >= 0.6 is 0 Å². The summed E-state index contributed by atoms with van der Waals surface area (Å²) in [6, 6.07) is 0. The van der Waals surface area contributed by atoms with Gasteiger partial charge in [0.15, 0.2) is 0 Å². The monoisotopic (exact) mass is 130 g/mol. The average Bonchev–Trinajstić information content (AvgIpc) is 1.89. The normalized spacial score (nSPS) is 11.3. The minimum atomic E-state index is -0.0348. The lowest BCUT2D eigenvalue weighted by Crippen LogP contribution is -1.74. The highest BCUT2D eigenvalue weighted by Crippen LogP contribution is 1.78. The van der Waals surface area contributed by atoms with Crippen molar-refractivity contribution in [2.45, 2.75) is 0 Å². The van der Waals surface area contributed by atoms with Gasteiger partial charge in [-0.15, -0.1) is 0 Å². The van der Waals surface area contributed by atoms with E-state index in [2.05, 4.69) is 4.74 Å². The summed E-state index contributed by atoms with van der Waals surface area (Å²) in [5.74, 6) is 0. The van der Waals surface area contributed by atoms with Gasteiger partial charge in [-0.25, -0.2) is 0 Å². The Bertz CT molecular complexity index is 84.5. The molecule has 2 N–H and O–H groups in total. The molecule has 52 valence electrons. The first kappa shape index (κ1) is 8.20. The summed E-state index contributed by atoms with van der Waals surface area (Å²) in [6.07, 6.45) is 5.57. The van der Waals surface area contributed by atoms with Crippen molar-refractivity contribution in [1.82, 2.24) is 0 Å². The lowest BCUT2D eigenvalue weighted by Gasteiger charge is -1.85.